The molecule has 1 fully saturated rings. The van der Waals surface area contributed by atoms with E-state index in [1.165, 1.54) is 4.90 Å². The second-order valence-corrected chi connectivity index (χ2v) is 4.52. The largest absolute Gasteiger partial charge is 0.289 e. The lowest BCUT2D eigenvalue weighted by molar-refractivity contribution is -0.125. The first-order valence-electron chi connectivity index (χ1n) is 4.38. The molecule has 1 aromatic rings. The van der Waals surface area contributed by atoms with Crippen LogP contribution < -0.4 is 0 Å². The molecule has 3 nitrogen and oxygen atoms in total. The third kappa shape index (κ3) is 2.33. The zero-order valence-electron chi connectivity index (χ0n) is 7.77. The molecule has 2 rings (SSSR count). The van der Waals surface area contributed by atoms with Crippen molar-refractivity contribution in [3.63, 3.8) is 0 Å². The molecule has 0 unspecified atom stereocenters. The summed E-state index contributed by atoms with van der Waals surface area (Å²) in [6.45, 7) is 0.335. The Morgan fingerprint density at radius 1 is 1.27 bits per heavy atom. The first-order valence-corrected chi connectivity index (χ1v) is 5.75. The topological polar surface area (TPSA) is 37.4 Å². The van der Waals surface area contributed by atoms with Crippen molar-refractivity contribution < 1.29 is 9.59 Å². The van der Waals surface area contributed by atoms with E-state index in [0.29, 0.717) is 11.6 Å². The molecule has 1 aliphatic heterocycles. The highest BCUT2D eigenvalue weighted by molar-refractivity contribution is 8.14. The second-order valence-electron chi connectivity index (χ2n) is 3.16. The summed E-state index contributed by atoms with van der Waals surface area (Å²) in [5.74, 6) is 0.131. The molecule has 78 valence electrons. The van der Waals surface area contributed by atoms with Crippen LogP contribution in [0.3, 0.4) is 0 Å². The standard InChI is InChI=1S/C10H8ClNO2S/c11-8-3-1-7(2-4-8)5-12-9(13)6-15-10(12)14/h1-4H,5-6H2. The van der Waals surface area contributed by atoms with E-state index in [1.54, 1.807) is 12.1 Å². The molecule has 0 aromatic heterocycles. The molecular weight excluding hydrogens is 234 g/mol. The summed E-state index contributed by atoms with van der Waals surface area (Å²) in [5, 5.41) is 0.474. The Balaban J connectivity index is 2.11. The Hall–Kier alpha value is -1.00. The number of imide groups is 1. The summed E-state index contributed by atoms with van der Waals surface area (Å²) >= 11 is 6.78. The minimum atomic E-state index is -0.171. The molecule has 0 saturated carbocycles. The van der Waals surface area contributed by atoms with E-state index < -0.39 is 0 Å². The van der Waals surface area contributed by atoms with E-state index in [0.717, 1.165) is 17.3 Å². The lowest BCUT2D eigenvalue weighted by atomic mass is 10.2. The van der Waals surface area contributed by atoms with Crippen LogP contribution in [0.25, 0.3) is 0 Å². The fourth-order valence-corrected chi connectivity index (χ4v) is 2.16. The van der Waals surface area contributed by atoms with Crippen LogP contribution in [-0.4, -0.2) is 21.8 Å². The first kappa shape index (κ1) is 10.5. The van der Waals surface area contributed by atoms with Gasteiger partial charge in [0.05, 0.1) is 12.3 Å². The van der Waals surface area contributed by atoms with E-state index in [-0.39, 0.29) is 16.9 Å². The fraction of sp³-hybridized carbons (Fsp3) is 0.200. The quantitative estimate of drug-likeness (QED) is 0.799. The van der Waals surface area contributed by atoms with Crippen molar-refractivity contribution in [3.05, 3.63) is 34.9 Å². The van der Waals surface area contributed by atoms with E-state index in [1.807, 2.05) is 12.1 Å². The Labute approximate surface area is 96.4 Å². The Morgan fingerprint density at radius 3 is 2.47 bits per heavy atom. The van der Waals surface area contributed by atoms with Gasteiger partial charge in [0.1, 0.15) is 0 Å². The Bertz CT molecular complexity index is 388. The van der Waals surface area contributed by atoms with Crippen molar-refractivity contribution in [2.45, 2.75) is 6.54 Å². The summed E-state index contributed by atoms with van der Waals surface area (Å²) in [6, 6.07) is 7.11. The molecule has 5 heteroatoms. The number of amides is 2. The highest BCUT2D eigenvalue weighted by Crippen LogP contribution is 2.21. The van der Waals surface area contributed by atoms with Crippen LogP contribution in [0.15, 0.2) is 24.3 Å². The van der Waals surface area contributed by atoms with Gasteiger partial charge in [-0.25, -0.2) is 0 Å². The van der Waals surface area contributed by atoms with Crippen LogP contribution in [0, 0.1) is 0 Å². The van der Waals surface area contributed by atoms with Gasteiger partial charge in [0.15, 0.2) is 0 Å². The minimum absolute atomic E-state index is 0.125. The van der Waals surface area contributed by atoms with Crippen molar-refractivity contribution in [3.8, 4) is 0 Å². The number of carbonyl (C=O) groups is 2. The maximum atomic E-state index is 11.3. The van der Waals surface area contributed by atoms with Gasteiger partial charge in [-0.1, -0.05) is 35.5 Å². The van der Waals surface area contributed by atoms with Gasteiger partial charge in [-0.2, -0.15) is 0 Å². The van der Waals surface area contributed by atoms with Gasteiger partial charge in [-0.15, -0.1) is 0 Å². The van der Waals surface area contributed by atoms with Gasteiger partial charge in [-0.3, -0.25) is 14.5 Å². The van der Waals surface area contributed by atoms with Gasteiger partial charge in [0.2, 0.25) is 5.91 Å². The Kier molecular flexibility index (Phi) is 2.98. The highest BCUT2D eigenvalue weighted by Gasteiger charge is 2.29. The van der Waals surface area contributed by atoms with Crippen LogP contribution in [0.2, 0.25) is 5.02 Å². The van der Waals surface area contributed by atoms with Crippen LogP contribution in [0.5, 0.6) is 0 Å². The number of rotatable bonds is 2. The Morgan fingerprint density at radius 2 is 1.93 bits per heavy atom. The molecule has 0 N–H and O–H groups in total. The molecule has 0 bridgehead atoms. The zero-order chi connectivity index (χ0) is 10.8. The van der Waals surface area contributed by atoms with Crippen molar-refractivity contribution in [1.82, 2.24) is 4.90 Å². The van der Waals surface area contributed by atoms with E-state index >= 15 is 0 Å². The molecule has 2 amide bonds. The summed E-state index contributed by atoms with van der Waals surface area (Å²) in [4.78, 5) is 23.9. The second kappa shape index (κ2) is 4.24. The summed E-state index contributed by atoms with van der Waals surface area (Å²) < 4.78 is 0. The van der Waals surface area contributed by atoms with E-state index in [9.17, 15) is 9.59 Å². The van der Waals surface area contributed by atoms with Crippen molar-refractivity contribution in [2.75, 3.05) is 5.75 Å². The monoisotopic (exact) mass is 241 g/mol. The normalized spacial score (nSPS) is 16.2. The van der Waals surface area contributed by atoms with E-state index in [4.69, 9.17) is 11.6 Å². The molecule has 1 aliphatic rings. The molecule has 0 spiro atoms. The molecule has 1 aromatic carbocycles. The lowest BCUT2D eigenvalue weighted by Crippen LogP contribution is -2.27. The zero-order valence-corrected chi connectivity index (χ0v) is 9.35. The molecule has 1 heterocycles. The van der Waals surface area contributed by atoms with Crippen LogP contribution >= 0.6 is 23.4 Å². The summed E-state index contributed by atoms with van der Waals surface area (Å²) in [5.41, 5.74) is 0.906. The SMILES string of the molecule is O=C1CSC(=O)N1Cc1ccc(Cl)cc1. The number of carbonyl (C=O) groups excluding carboxylic acids is 2. The predicted octanol–water partition coefficient (Wildman–Crippen LogP) is 2.54. The molecule has 15 heavy (non-hydrogen) atoms. The molecule has 0 aliphatic carbocycles. The van der Waals surface area contributed by atoms with Crippen LogP contribution in [0.4, 0.5) is 4.79 Å². The number of benzene rings is 1. The van der Waals surface area contributed by atoms with Gasteiger partial charge in [0, 0.05) is 5.02 Å². The average molecular weight is 242 g/mol. The van der Waals surface area contributed by atoms with Crippen LogP contribution in [-0.2, 0) is 11.3 Å². The number of hydrogen-bond donors (Lipinski definition) is 0. The molecule has 0 radical (unpaired) electrons. The minimum Gasteiger partial charge on any atom is -0.273 e. The average Bonchev–Trinajstić information content (AvgIpc) is 2.53. The maximum absolute atomic E-state index is 11.3. The van der Waals surface area contributed by atoms with Gasteiger partial charge >= 0.3 is 0 Å². The van der Waals surface area contributed by atoms with Gasteiger partial charge in [0.25, 0.3) is 5.24 Å². The predicted molar refractivity (Wildman–Crippen MR) is 59.9 cm³/mol. The maximum Gasteiger partial charge on any atom is 0.289 e. The fourth-order valence-electron chi connectivity index (χ4n) is 1.31. The number of halogens is 1. The number of thioether (sulfide) groups is 1. The summed E-state index contributed by atoms with van der Waals surface area (Å²) in [7, 11) is 0. The molecule has 0 atom stereocenters. The third-order valence-corrected chi connectivity index (χ3v) is 3.21. The van der Waals surface area contributed by atoms with Crippen molar-refractivity contribution in [2.24, 2.45) is 0 Å². The number of hydrogen-bond acceptors (Lipinski definition) is 3. The van der Waals surface area contributed by atoms with Gasteiger partial charge in [-0.05, 0) is 17.7 Å². The first-order chi connectivity index (χ1) is 7.16. The van der Waals surface area contributed by atoms with Crippen molar-refractivity contribution in [1.29, 1.82) is 0 Å². The van der Waals surface area contributed by atoms with Crippen LogP contribution in [0.1, 0.15) is 5.56 Å². The molecular formula is C10H8ClNO2S. The third-order valence-electron chi connectivity index (χ3n) is 2.09. The molecule has 1 saturated heterocycles. The lowest BCUT2D eigenvalue weighted by Gasteiger charge is -2.12. The number of nitrogens with zero attached hydrogens (tertiary/aromatic N) is 1. The summed E-state index contributed by atoms with van der Waals surface area (Å²) in [6.07, 6.45) is 0. The highest BCUT2D eigenvalue weighted by atomic mass is 35.5. The van der Waals surface area contributed by atoms with E-state index in [2.05, 4.69) is 0 Å². The van der Waals surface area contributed by atoms with Gasteiger partial charge < -0.3 is 0 Å². The van der Waals surface area contributed by atoms with Crippen molar-refractivity contribution >= 4 is 34.5 Å². The smallest absolute Gasteiger partial charge is 0.273 e.